The molecule has 0 aliphatic rings. The maximum Gasteiger partial charge on any atom is 0.221 e. The first-order valence-corrected chi connectivity index (χ1v) is 8.28. The SMILES string of the molecule is CC(=O)Nc1cccc(-c2csc(C(O)c3ccc(F)c(F)c3)n2)c1. The molecule has 0 bridgehead atoms. The van der Waals surface area contributed by atoms with Gasteiger partial charge in [0.2, 0.25) is 5.91 Å². The second-order valence-corrected chi connectivity index (χ2v) is 6.30. The number of carbonyl (C=O) groups excluding carboxylic acids is 1. The zero-order valence-corrected chi connectivity index (χ0v) is 14.0. The molecule has 0 saturated carbocycles. The fraction of sp³-hybridized carbons (Fsp3) is 0.111. The van der Waals surface area contributed by atoms with Gasteiger partial charge in [0, 0.05) is 23.6 Å². The molecule has 2 N–H and O–H groups in total. The Morgan fingerprint density at radius 1 is 1.20 bits per heavy atom. The van der Waals surface area contributed by atoms with Crippen molar-refractivity contribution in [3.63, 3.8) is 0 Å². The summed E-state index contributed by atoms with van der Waals surface area (Å²) >= 11 is 1.21. The van der Waals surface area contributed by atoms with Gasteiger partial charge in [0.25, 0.3) is 0 Å². The van der Waals surface area contributed by atoms with Crippen molar-refractivity contribution in [3.05, 3.63) is 70.1 Å². The minimum atomic E-state index is -1.15. The fourth-order valence-electron chi connectivity index (χ4n) is 2.33. The number of hydrogen-bond acceptors (Lipinski definition) is 4. The first-order valence-electron chi connectivity index (χ1n) is 7.40. The van der Waals surface area contributed by atoms with Crippen molar-refractivity contribution in [2.75, 3.05) is 5.32 Å². The number of thiazole rings is 1. The van der Waals surface area contributed by atoms with Gasteiger partial charge in [-0.25, -0.2) is 13.8 Å². The summed E-state index contributed by atoms with van der Waals surface area (Å²) in [6.45, 7) is 1.42. The number of rotatable bonds is 4. The predicted octanol–water partition coefficient (Wildman–Crippen LogP) is 4.13. The van der Waals surface area contributed by atoms with Crippen LogP contribution in [0.5, 0.6) is 0 Å². The Morgan fingerprint density at radius 2 is 2.00 bits per heavy atom. The number of aromatic nitrogens is 1. The van der Waals surface area contributed by atoms with Gasteiger partial charge in [0.1, 0.15) is 11.1 Å². The van der Waals surface area contributed by atoms with E-state index in [4.69, 9.17) is 0 Å². The molecule has 1 amide bonds. The average Bonchev–Trinajstić information content (AvgIpc) is 3.06. The number of carbonyl (C=O) groups is 1. The molecule has 0 aliphatic carbocycles. The maximum atomic E-state index is 13.3. The van der Waals surface area contributed by atoms with Crippen molar-refractivity contribution < 1.29 is 18.7 Å². The van der Waals surface area contributed by atoms with Crippen LogP contribution in [0.2, 0.25) is 0 Å². The number of anilines is 1. The molecule has 0 aliphatic heterocycles. The smallest absolute Gasteiger partial charge is 0.221 e. The van der Waals surface area contributed by atoms with Crippen LogP contribution in [-0.4, -0.2) is 16.0 Å². The molecule has 0 radical (unpaired) electrons. The van der Waals surface area contributed by atoms with E-state index in [-0.39, 0.29) is 11.5 Å². The third-order valence-electron chi connectivity index (χ3n) is 3.49. The second kappa shape index (κ2) is 7.08. The van der Waals surface area contributed by atoms with Crippen molar-refractivity contribution >= 4 is 22.9 Å². The van der Waals surface area contributed by atoms with Gasteiger partial charge >= 0.3 is 0 Å². The van der Waals surface area contributed by atoms with E-state index in [0.29, 0.717) is 16.4 Å². The van der Waals surface area contributed by atoms with E-state index in [1.165, 1.54) is 24.3 Å². The number of nitrogens with zero attached hydrogens (tertiary/aromatic N) is 1. The van der Waals surface area contributed by atoms with Gasteiger partial charge in [-0.15, -0.1) is 11.3 Å². The number of hydrogen-bond donors (Lipinski definition) is 2. The van der Waals surface area contributed by atoms with E-state index >= 15 is 0 Å². The largest absolute Gasteiger partial charge is 0.381 e. The van der Waals surface area contributed by atoms with Crippen molar-refractivity contribution in [1.82, 2.24) is 4.98 Å². The Labute approximate surface area is 146 Å². The molecule has 0 saturated heterocycles. The van der Waals surface area contributed by atoms with Crippen LogP contribution in [0.25, 0.3) is 11.3 Å². The first kappa shape index (κ1) is 17.2. The lowest BCUT2D eigenvalue weighted by Gasteiger charge is -2.08. The molecule has 3 aromatic rings. The summed E-state index contributed by atoms with van der Waals surface area (Å²) in [6, 6.07) is 10.4. The highest BCUT2D eigenvalue weighted by Gasteiger charge is 2.17. The highest BCUT2D eigenvalue weighted by molar-refractivity contribution is 7.10. The molecular formula is C18H14F2N2O2S. The van der Waals surface area contributed by atoms with Crippen molar-refractivity contribution in [1.29, 1.82) is 0 Å². The number of amides is 1. The predicted molar refractivity (Wildman–Crippen MR) is 92.3 cm³/mol. The van der Waals surface area contributed by atoms with Crippen LogP contribution < -0.4 is 5.32 Å². The molecule has 1 aromatic heterocycles. The number of halogens is 2. The summed E-state index contributed by atoms with van der Waals surface area (Å²) < 4.78 is 26.4. The van der Waals surface area contributed by atoms with E-state index < -0.39 is 17.7 Å². The molecule has 1 atom stereocenters. The van der Waals surface area contributed by atoms with Gasteiger partial charge in [0.15, 0.2) is 11.6 Å². The van der Waals surface area contributed by atoms with Crippen LogP contribution in [0, 0.1) is 11.6 Å². The maximum absolute atomic E-state index is 13.3. The second-order valence-electron chi connectivity index (χ2n) is 5.41. The van der Waals surface area contributed by atoms with Crippen LogP contribution in [-0.2, 0) is 4.79 Å². The van der Waals surface area contributed by atoms with Crippen molar-refractivity contribution in [2.45, 2.75) is 13.0 Å². The van der Waals surface area contributed by atoms with Crippen molar-refractivity contribution in [2.24, 2.45) is 0 Å². The Bertz CT molecular complexity index is 927. The highest BCUT2D eigenvalue weighted by atomic mass is 32.1. The molecule has 0 spiro atoms. The summed E-state index contributed by atoms with van der Waals surface area (Å²) in [7, 11) is 0. The Morgan fingerprint density at radius 3 is 2.72 bits per heavy atom. The van der Waals surface area contributed by atoms with E-state index in [9.17, 15) is 18.7 Å². The third kappa shape index (κ3) is 3.89. The van der Waals surface area contributed by atoms with Crippen LogP contribution >= 0.6 is 11.3 Å². The Balaban J connectivity index is 1.87. The van der Waals surface area contributed by atoms with E-state index in [1.54, 1.807) is 23.6 Å². The molecule has 3 rings (SSSR count). The van der Waals surface area contributed by atoms with Gasteiger partial charge in [-0.3, -0.25) is 4.79 Å². The topological polar surface area (TPSA) is 62.2 Å². The molecule has 25 heavy (non-hydrogen) atoms. The lowest BCUT2D eigenvalue weighted by molar-refractivity contribution is -0.114. The first-order chi connectivity index (χ1) is 11.9. The summed E-state index contributed by atoms with van der Waals surface area (Å²) in [5, 5.41) is 15.2. The van der Waals surface area contributed by atoms with E-state index in [2.05, 4.69) is 10.3 Å². The van der Waals surface area contributed by atoms with Crippen LogP contribution in [0.4, 0.5) is 14.5 Å². The lowest BCUT2D eigenvalue weighted by Crippen LogP contribution is -2.05. The quantitative estimate of drug-likeness (QED) is 0.735. The zero-order chi connectivity index (χ0) is 18.0. The minimum absolute atomic E-state index is 0.176. The summed E-state index contributed by atoms with van der Waals surface area (Å²) in [4.78, 5) is 15.5. The van der Waals surface area contributed by atoms with Gasteiger partial charge in [-0.1, -0.05) is 18.2 Å². The van der Waals surface area contributed by atoms with E-state index in [1.807, 2.05) is 6.07 Å². The van der Waals surface area contributed by atoms with Gasteiger partial charge in [0.05, 0.1) is 5.69 Å². The molecular weight excluding hydrogens is 346 g/mol. The summed E-state index contributed by atoms with van der Waals surface area (Å²) in [5.74, 6) is -2.16. The Kier molecular flexibility index (Phi) is 4.87. The zero-order valence-electron chi connectivity index (χ0n) is 13.2. The van der Waals surface area contributed by atoms with Crippen LogP contribution in [0.15, 0.2) is 47.8 Å². The minimum Gasteiger partial charge on any atom is -0.381 e. The number of benzene rings is 2. The normalized spacial score (nSPS) is 12.0. The van der Waals surface area contributed by atoms with Crippen LogP contribution in [0.1, 0.15) is 23.6 Å². The molecule has 2 aromatic carbocycles. The monoisotopic (exact) mass is 360 g/mol. The molecule has 1 heterocycles. The van der Waals surface area contributed by atoms with E-state index in [0.717, 1.165) is 17.7 Å². The molecule has 0 fully saturated rings. The lowest BCUT2D eigenvalue weighted by atomic mass is 10.1. The Hall–Kier alpha value is -2.64. The molecule has 1 unspecified atom stereocenters. The number of nitrogens with one attached hydrogen (secondary N) is 1. The summed E-state index contributed by atoms with van der Waals surface area (Å²) in [5.41, 5.74) is 2.26. The van der Waals surface area contributed by atoms with Gasteiger partial charge in [-0.2, -0.15) is 0 Å². The highest BCUT2D eigenvalue weighted by Crippen LogP contribution is 2.30. The van der Waals surface area contributed by atoms with Crippen molar-refractivity contribution in [3.8, 4) is 11.3 Å². The number of aliphatic hydroxyl groups is 1. The molecule has 4 nitrogen and oxygen atoms in total. The third-order valence-corrected chi connectivity index (χ3v) is 4.39. The molecule has 7 heteroatoms. The average molecular weight is 360 g/mol. The van der Waals surface area contributed by atoms with Gasteiger partial charge < -0.3 is 10.4 Å². The standard InChI is InChI=1S/C18H14F2N2O2S/c1-10(23)21-13-4-2-3-11(7-13)16-9-25-18(22-16)17(24)12-5-6-14(19)15(20)8-12/h2-9,17,24H,1H3,(H,21,23). The fourth-order valence-corrected chi connectivity index (χ4v) is 3.17. The summed E-state index contributed by atoms with van der Waals surface area (Å²) in [6.07, 6.45) is -1.15. The van der Waals surface area contributed by atoms with Crippen LogP contribution in [0.3, 0.4) is 0 Å². The molecule has 128 valence electrons. The van der Waals surface area contributed by atoms with Gasteiger partial charge in [-0.05, 0) is 29.8 Å². The number of aliphatic hydroxyl groups excluding tert-OH is 1.